The van der Waals surface area contributed by atoms with Crippen molar-refractivity contribution < 1.29 is 0 Å². The quantitative estimate of drug-likeness (QED) is 0.668. The Morgan fingerprint density at radius 1 is 1.00 bits per heavy atom. The first-order valence-corrected chi connectivity index (χ1v) is 8.50. The minimum Gasteiger partial charge on any atom is -0.314 e. The van der Waals surface area contributed by atoms with E-state index in [-0.39, 0.29) is 0 Å². The molecule has 0 amide bonds. The van der Waals surface area contributed by atoms with Gasteiger partial charge in [-0.25, -0.2) is 0 Å². The Balaban J connectivity index is 2.15. The number of piperazine rings is 1. The molecule has 1 aliphatic rings. The molecule has 1 saturated heterocycles. The number of nitrogens with zero attached hydrogens (tertiary/aromatic N) is 1. The van der Waals surface area contributed by atoms with E-state index < -0.39 is 0 Å². The molecule has 114 valence electrons. The largest absolute Gasteiger partial charge is 0.314 e. The predicted molar refractivity (Wildman–Crippen MR) is 85.7 cm³/mol. The Labute approximate surface area is 121 Å². The zero-order chi connectivity index (χ0) is 14.1. The summed E-state index contributed by atoms with van der Waals surface area (Å²) in [5.74, 6) is 0. The van der Waals surface area contributed by atoms with Gasteiger partial charge in [-0.05, 0) is 18.4 Å². The van der Waals surface area contributed by atoms with E-state index in [1.165, 1.54) is 71.1 Å². The van der Waals surface area contributed by atoms with Gasteiger partial charge in [-0.15, -0.1) is 0 Å². The molecule has 1 heterocycles. The molecule has 2 nitrogen and oxygen atoms in total. The minimum absolute atomic E-state index is 0.397. The standard InChI is InChI=1S/C17H36N2/c1-5-6-7-8-9-10-11-13-19-14-12-18-15-16(19)17(2,3)4/h16,18H,5-15H2,1-4H3. The highest BCUT2D eigenvalue weighted by atomic mass is 15.2. The van der Waals surface area contributed by atoms with Crippen molar-refractivity contribution in [2.24, 2.45) is 5.41 Å². The first-order valence-electron chi connectivity index (χ1n) is 8.50. The lowest BCUT2D eigenvalue weighted by molar-refractivity contribution is 0.0738. The van der Waals surface area contributed by atoms with Crippen LogP contribution in [0.2, 0.25) is 0 Å². The van der Waals surface area contributed by atoms with Gasteiger partial charge in [0.25, 0.3) is 0 Å². The Kier molecular flexibility index (Phi) is 8.01. The summed E-state index contributed by atoms with van der Waals surface area (Å²) in [4.78, 5) is 2.72. The summed E-state index contributed by atoms with van der Waals surface area (Å²) in [7, 11) is 0. The van der Waals surface area contributed by atoms with Gasteiger partial charge in [0.05, 0.1) is 0 Å². The van der Waals surface area contributed by atoms with Crippen LogP contribution in [0, 0.1) is 5.41 Å². The monoisotopic (exact) mass is 268 g/mol. The first-order chi connectivity index (χ1) is 9.05. The van der Waals surface area contributed by atoms with E-state index in [0.717, 1.165) is 0 Å². The summed E-state index contributed by atoms with van der Waals surface area (Å²) in [6.07, 6.45) is 9.90. The van der Waals surface area contributed by atoms with E-state index in [2.05, 4.69) is 37.9 Å². The second-order valence-corrected chi connectivity index (χ2v) is 7.24. The zero-order valence-corrected chi connectivity index (χ0v) is 13.8. The van der Waals surface area contributed by atoms with Crippen LogP contribution in [-0.4, -0.2) is 37.1 Å². The average molecular weight is 268 g/mol. The summed E-state index contributed by atoms with van der Waals surface area (Å²) in [6.45, 7) is 14.3. The average Bonchev–Trinajstić information content (AvgIpc) is 2.37. The summed E-state index contributed by atoms with van der Waals surface area (Å²) < 4.78 is 0. The lowest BCUT2D eigenvalue weighted by Crippen LogP contribution is -2.56. The Morgan fingerprint density at radius 2 is 1.63 bits per heavy atom. The first kappa shape index (κ1) is 17.0. The van der Waals surface area contributed by atoms with Crippen LogP contribution in [0.5, 0.6) is 0 Å². The zero-order valence-electron chi connectivity index (χ0n) is 13.8. The summed E-state index contributed by atoms with van der Waals surface area (Å²) >= 11 is 0. The van der Waals surface area contributed by atoms with Crippen molar-refractivity contribution in [1.29, 1.82) is 0 Å². The molecule has 0 aromatic rings. The minimum atomic E-state index is 0.397. The topological polar surface area (TPSA) is 15.3 Å². The van der Waals surface area contributed by atoms with Crippen LogP contribution in [-0.2, 0) is 0 Å². The Hall–Kier alpha value is -0.0800. The highest BCUT2D eigenvalue weighted by molar-refractivity contribution is 4.88. The lowest BCUT2D eigenvalue weighted by atomic mass is 9.84. The van der Waals surface area contributed by atoms with Gasteiger partial charge >= 0.3 is 0 Å². The van der Waals surface area contributed by atoms with Crippen molar-refractivity contribution in [3.8, 4) is 0 Å². The summed E-state index contributed by atoms with van der Waals surface area (Å²) in [6, 6.07) is 0.710. The number of hydrogen-bond acceptors (Lipinski definition) is 2. The van der Waals surface area contributed by atoms with Crippen molar-refractivity contribution >= 4 is 0 Å². The molecule has 1 aliphatic heterocycles. The van der Waals surface area contributed by atoms with Gasteiger partial charge in [0.1, 0.15) is 0 Å². The van der Waals surface area contributed by atoms with E-state index >= 15 is 0 Å². The molecule has 0 aromatic heterocycles. The molecule has 2 heteroatoms. The van der Waals surface area contributed by atoms with Gasteiger partial charge in [0.15, 0.2) is 0 Å². The molecule has 0 saturated carbocycles. The van der Waals surface area contributed by atoms with Crippen molar-refractivity contribution in [2.75, 3.05) is 26.2 Å². The van der Waals surface area contributed by atoms with Crippen molar-refractivity contribution in [3.05, 3.63) is 0 Å². The smallest absolute Gasteiger partial charge is 0.0269 e. The van der Waals surface area contributed by atoms with Gasteiger partial charge in [0, 0.05) is 25.7 Å². The third kappa shape index (κ3) is 6.76. The van der Waals surface area contributed by atoms with Gasteiger partial charge in [-0.1, -0.05) is 66.2 Å². The van der Waals surface area contributed by atoms with Gasteiger partial charge in [-0.2, -0.15) is 0 Å². The van der Waals surface area contributed by atoms with E-state index in [9.17, 15) is 0 Å². The molecule has 19 heavy (non-hydrogen) atoms. The molecule has 0 aromatic carbocycles. The summed E-state index contributed by atoms with van der Waals surface area (Å²) in [5, 5.41) is 3.55. The fourth-order valence-electron chi connectivity index (χ4n) is 3.14. The van der Waals surface area contributed by atoms with Gasteiger partial charge < -0.3 is 5.32 Å². The fraction of sp³-hybridized carbons (Fsp3) is 1.00. The van der Waals surface area contributed by atoms with Crippen molar-refractivity contribution in [1.82, 2.24) is 10.2 Å². The van der Waals surface area contributed by atoms with Gasteiger partial charge in [-0.3, -0.25) is 4.90 Å². The fourth-order valence-corrected chi connectivity index (χ4v) is 3.14. The maximum Gasteiger partial charge on any atom is 0.0269 e. The third-order valence-electron chi connectivity index (χ3n) is 4.40. The number of rotatable bonds is 8. The van der Waals surface area contributed by atoms with Crippen LogP contribution in [0.4, 0.5) is 0 Å². The maximum absolute atomic E-state index is 3.55. The van der Waals surface area contributed by atoms with Crippen LogP contribution in [0.15, 0.2) is 0 Å². The SMILES string of the molecule is CCCCCCCCCN1CCNCC1C(C)(C)C. The van der Waals surface area contributed by atoms with Crippen molar-refractivity contribution in [2.45, 2.75) is 78.7 Å². The second kappa shape index (κ2) is 8.97. The molecule has 0 spiro atoms. The molecular formula is C17H36N2. The normalized spacial score (nSPS) is 21.8. The number of unbranched alkanes of at least 4 members (excludes halogenated alkanes) is 6. The Bertz CT molecular complexity index is 220. The van der Waals surface area contributed by atoms with E-state index in [1.807, 2.05) is 0 Å². The van der Waals surface area contributed by atoms with Crippen molar-refractivity contribution in [3.63, 3.8) is 0 Å². The molecule has 0 bridgehead atoms. The molecule has 1 fully saturated rings. The number of nitrogens with one attached hydrogen (secondary N) is 1. The van der Waals surface area contributed by atoms with Crippen LogP contribution < -0.4 is 5.32 Å². The maximum atomic E-state index is 3.55. The highest BCUT2D eigenvalue weighted by Crippen LogP contribution is 2.25. The van der Waals surface area contributed by atoms with Crippen LogP contribution >= 0.6 is 0 Å². The van der Waals surface area contributed by atoms with E-state index in [1.54, 1.807) is 0 Å². The molecular weight excluding hydrogens is 232 g/mol. The van der Waals surface area contributed by atoms with E-state index in [4.69, 9.17) is 0 Å². The third-order valence-corrected chi connectivity index (χ3v) is 4.40. The highest BCUT2D eigenvalue weighted by Gasteiger charge is 2.31. The molecule has 0 aliphatic carbocycles. The Morgan fingerprint density at radius 3 is 2.26 bits per heavy atom. The van der Waals surface area contributed by atoms with Crippen LogP contribution in [0.25, 0.3) is 0 Å². The predicted octanol–water partition coefficient (Wildman–Crippen LogP) is 4.06. The van der Waals surface area contributed by atoms with E-state index in [0.29, 0.717) is 11.5 Å². The lowest BCUT2D eigenvalue weighted by Gasteiger charge is -2.43. The molecule has 1 atom stereocenters. The summed E-state index contributed by atoms with van der Waals surface area (Å²) in [5.41, 5.74) is 0.397. The molecule has 0 radical (unpaired) electrons. The molecule has 1 unspecified atom stereocenters. The molecule has 1 N–H and O–H groups in total. The molecule has 1 rings (SSSR count). The second-order valence-electron chi connectivity index (χ2n) is 7.24. The van der Waals surface area contributed by atoms with Gasteiger partial charge in [0.2, 0.25) is 0 Å². The van der Waals surface area contributed by atoms with Crippen LogP contribution in [0.3, 0.4) is 0 Å². The van der Waals surface area contributed by atoms with Crippen LogP contribution in [0.1, 0.15) is 72.6 Å². The number of hydrogen-bond donors (Lipinski definition) is 1.